The first-order valence-corrected chi connectivity index (χ1v) is 7.39. The van der Waals surface area contributed by atoms with Gasteiger partial charge < -0.3 is 20.1 Å². The summed E-state index contributed by atoms with van der Waals surface area (Å²) in [5, 5.41) is 0. The summed E-state index contributed by atoms with van der Waals surface area (Å²) in [5.41, 5.74) is 7.12. The third kappa shape index (κ3) is 4.03. The van der Waals surface area contributed by atoms with E-state index in [2.05, 4.69) is 16.8 Å². The Morgan fingerprint density at radius 3 is 2.86 bits per heavy atom. The summed E-state index contributed by atoms with van der Waals surface area (Å²) in [6.07, 6.45) is 2.46. The van der Waals surface area contributed by atoms with Gasteiger partial charge in [-0.2, -0.15) is 0 Å². The van der Waals surface area contributed by atoms with Gasteiger partial charge in [-0.15, -0.1) is 0 Å². The number of nitrogens with two attached hydrogens (primary N) is 1. The van der Waals surface area contributed by atoms with Crippen molar-refractivity contribution in [3.63, 3.8) is 0 Å². The number of ether oxygens (including phenoxy) is 2. The van der Waals surface area contributed by atoms with Gasteiger partial charge in [-0.05, 0) is 30.9 Å². The predicted octanol–water partition coefficient (Wildman–Crippen LogP) is 2.25. The van der Waals surface area contributed by atoms with Gasteiger partial charge in [0, 0.05) is 24.7 Å². The number of hydrogen-bond acceptors (Lipinski definition) is 3. The number of piperidine rings is 1. The van der Waals surface area contributed by atoms with Crippen molar-refractivity contribution in [1.82, 2.24) is 4.90 Å². The molecule has 2 rings (SSSR count). The van der Waals surface area contributed by atoms with Crippen molar-refractivity contribution in [2.24, 2.45) is 16.6 Å². The van der Waals surface area contributed by atoms with Crippen molar-refractivity contribution in [3.05, 3.63) is 23.8 Å². The smallest absolute Gasteiger partial charge is 0.191 e. The lowest BCUT2D eigenvalue weighted by Gasteiger charge is -2.31. The second-order valence-corrected chi connectivity index (χ2v) is 5.55. The van der Waals surface area contributed by atoms with Crippen molar-refractivity contribution in [2.45, 2.75) is 26.3 Å². The highest BCUT2D eigenvalue weighted by molar-refractivity contribution is 5.78. The van der Waals surface area contributed by atoms with Crippen LogP contribution in [0, 0.1) is 5.92 Å². The SMILES string of the molecule is COc1ccc(CN=C(N)N2CCCC(C)C2)c(OC)c1. The first-order chi connectivity index (χ1) is 10.1. The van der Waals surface area contributed by atoms with Gasteiger partial charge in [0.15, 0.2) is 5.96 Å². The molecule has 0 spiro atoms. The summed E-state index contributed by atoms with van der Waals surface area (Å²) in [7, 11) is 3.29. The number of nitrogens with zero attached hydrogens (tertiary/aromatic N) is 2. The molecule has 1 aromatic carbocycles. The van der Waals surface area contributed by atoms with E-state index in [1.807, 2.05) is 18.2 Å². The van der Waals surface area contributed by atoms with Crippen molar-refractivity contribution >= 4 is 5.96 Å². The lowest BCUT2D eigenvalue weighted by Crippen LogP contribution is -2.43. The van der Waals surface area contributed by atoms with E-state index < -0.39 is 0 Å². The van der Waals surface area contributed by atoms with Crippen LogP contribution in [0.2, 0.25) is 0 Å². The monoisotopic (exact) mass is 291 g/mol. The summed E-state index contributed by atoms with van der Waals surface area (Å²) in [4.78, 5) is 6.69. The van der Waals surface area contributed by atoms with Crippen molar-refractivity contribution in [3.8, 4) is 11.5 Å². The fourth-order valence-corrected chi connectivity index (χ4v) is 2.65. The topological polar surface area (TPSA) is 60.1 Å². The lowest BCUT2D eigenvalue weighted by atomic mass is 10.0. The molecule has 1 heterocycles. The van der Waals surface area contributed by atoms with E-state index in [1.165, 1.54) is 12.8 Å². The number of aliphatic imine (C=N–C) groups is 1. The summed E-state index contributed by atoms with van der Waals surface area (Å²) < 4.78 is 10.6. The number of rotatable bonds is 4. The molecule has 21 heavy (non-hydrogen) atoms. The Kier molecular flexibility index (Phi) is 5.31. The lowest BCUT2D eigenvalue weighted by molar-refractivity contribution is 0.270. The Labute approximate surface area is 126 Å². The number of hydrogen-bond donors (Lipinski definition) is 1. The molecular weight excluding hydrogens is 266 g/mol. The fraction of sp³-hybridized carbons (Fsp3) is 0.562. The normalized spacial score (nSPS) is 19.5. The molecule has 1 aromatic rings. The largest absolute Gasteiger partial charge is 0.497 e. The molecule has 0 amide bonds. The third-order valence-electron chi connectivity index (χ3n) is 3.89. The van der Waals surface area contributed by atoms with Gasteiger partial charge in [-0.1, -0.05) is 6.92 Å². The zero-order valence-corrected chi connectivity index (χ0v) is 13.1. The third-order valence-corrected chi connectivity index (χ3v) is 3.89. The standard InChI is InChI=1S/C16H25N3O2/c1-12-5-4-8-19(11-12)16(17)18-10-13-6-7-14(20-2)9-15(13)21-3/h6-7,9,12H,4-5,8,10-11H2,1-3H3,(H2,17,18). The summed E-state index contributed by atoms with van der Waals surface area (Å²) >= 11 is 0. The van der Waals surface area contributed by atoms with Crippen LogP contribution < -0.4 is 15.2 Å². The molecule has 1 atom stereocenters. The second-order valence-electron chi connectivity index (χ2n) is 5.55. The van der Waals surface area contributed by atoms with Crippen LogP contribution in [0.15, 0.2) is 23.2 Å². The fourth-order valence-electron chi connectivity index (χ4n) is 2.65. The van der Waals surface area contributed by atoms with Crippen LogP contribution in [-0.4, -0.2) is 38.2 Å². The van der Waals surface area contributed by atoms with Crippen LogP contribution in [0.5, 0.6) is 11.5 Å². The molecule has 0 bridgehead atoms. The molecule has 2 N–H and O–H groups in total. The molecule has 5 heteroatoms. The summed E-state index contributed by atoms with van der Waals surface area (Å²) in [6, 6.07) is 5.74. The van der Waals surface area contributed by atoms with Crippen LogP contribution in [-0.2, 0) is 6.54 Å². The molecule has 1 aliphatic heterocycles. The Morgan fingerprint density at radius 2 is 2.19 bits per heavy atom. The second kappa shape index (κ2) is 7.20. The number of methoxy groups -OCH3 is 2. The van der Waals surface area contributed by atoms with Gasteiger partial charge >= 0.3 is 0 Å². The van der Waals surface area contributed by atoms with Gasteiger partial charge in [-0.25, -0.2) is 4.99 Å². The Hall–Kier alpha value is -1.91. The van der Waals surface area contributed by atoms with E-state index in [0.717, 1.165) is 30.2 Å². The Balaban J connectivity index is 2.05. The van der Waals surface area contributed by atoms with Gasteiger partial charge in [-0.3, -0.25) is 0 Å². The molecule has 0 aliphatic carbocycles. The van der Waals surface area contributed by atoms with Crippen LogP contribution in [0.4, 0.5) is 0 Å². The quantitative estimate of drug-likeness (QED) is 0.683. The molecule has 1 fully saturated rings. The maximum atomic E-state index is 6.12. The molecule has 1 aliphatic rings. The van der Waals surface area contributed by atoms with E-state index in [-0.39, 0.29) is 0 Å². The highest BCUT2D eigenvalue weighted by Crippen LogP contribution is 2.25. The van der Waals surface area contributed by atoms with E-state index in [1.54, 1.807) is 14.2 Å². The first-order valence-electron chi connectivity index (χ1n) is 7.39. The molecule has 1 saturated heterocycles. The molecule has 0 aromatic heterocycles. The molecule has 5 nitrogen and oxygen atoms in total. The average Bonchev–Trinajstić information content (AvgIpc) is 2.52. The molecule has 116 valence electrons. The molecule has 0 saturated carbocycles. The van der Waals surface area contributed by atoms with Crippen molar-refractivity contribution in [2.75, 3.05) is 27.3 Å². The maximum Gasteiger partial charge on any atom is 0.191 e. The highest BCUT2D eigenvalue weighted by atomic mass is 16.5. The minimum atomic E-state index is 0.518. The zero-order valence-electron chi connectivity index (χ0n) is 13.1. The minimum Gasteiger partial charge on any atom is -0.497 e. The van der Waals surface area contributed by atoms with Gasteiger partial charge in [0.1, 0.15) is 11.5 Å². The predicted molar refractivity (Wildman–Crippen MR) is 84.8 cm³/mol. The van der Waals surface area contributed by atoms with Crippen molar-refractivity contribution < 1.29 is 9.47 Å². The van der Waals surface area contributed by atoms with Crippen LogP contribution >= 0.6 is 0 Å². The Morgan fingerprint density at radius 1 is 1.38 bits per heavy atom. The Bertz CT molecular complexity index is 502. The van der Waals surface area contributed by atoms with Crippen molar-refractivity contribution in [1.29, 1.82) is 0 Å². The average molecular weight is 291 g/mol. The molecular formula is C16H25N3O2. The van der Waals surface area contributed by atoms with E-state index in [4.69, 9.17) is 15.2 Å². The maximum absolute atomic E-state index is 6.12. The molecule has 1 unspecified atom stereocenters. The van der Waals surface area contributed by atoms with Gasteiger partial charge in [0.05, 0.1) is 20.8 Å². The van der Waals surface area contributed by atoms with E-state index in [9.17, 15) is 0 Å². The van der Waals surface area contributed by atoms with E-state index in [0.29, 0.717) is 18.4 Å². The van der Waals surface area contributed by atoms with Crippen LogP contribution in [0.25, 0.3) is 0 Å². The van der Waals surface area contributed by atoms with Gasteiger partial charge in [0.2, 0.25) is 0 Å². The highest BCUT2D eigenvalue weighted by Gasteiger charge is 2.17. The van der Waals surface area contributed by atoms with Gasteiger partial charge in [0.25, 0.3) is 0 Å². The summed E-state index contributed by atoms with van der Waals surface area (Å²) in [6.45, 7) is 4.77. The number of guanidine groups is 1. The zero-order chi connectivity index (χ0) is 15.2. The van der Waals surface area contributed by atoms with Crippen LogP contribution in [0.3, 0.4) is 0 Å². The number of likely N-dealkylation sites (tertiary alicyclic amines) is 1. The minimum absolute atomic E-state index is 0.518. The number of benzene rings is 1. The molecule has 0 radical (unpaired) electrons. The van der Waals surface area contributed by atoms with Crippen LogP contribution in [0.1, 0.15) is 25.3 Å². The summed E-state index contributed by atoms with van der Waals surface area (Å²) in [5.74, 6) is 2.86. The van der Waals surface area contributed by atoms with E-state index >= 15 is 0 Å². The first kappa shape index (κ1) is 15.5.